The van der Waals surface area contributed by atoms with Gasteiger partial charge in [-0.05, 0) is 49.4 Å². The van der Waals surface area contributed by atoms with Crippen LogP contribution in [-0.4, -0.2) is 13.7 Å². The number of halogens is 1. The van der Waals surface area contributed by atoms with E-state index in [0.717, 1.165) is 23.7 Å². The van der Waals surface area contributed by atoms with Crippen molar-refractivity contribution < 1.29 is 4.74 Å². The second kappa shape index (κ2) is 7.51. The minimum atomic E-state index is 0.283. The summed E-state index contributed by atoms with van der Waals surface area (Å²) in [6.45, 7) is 5.65. The van der Waals surface area contributed by atoms with E-state index in [1.54, 1.807) is 7.11 Å². The molecular formula is C18H28ClNO. The quantitative estimate of drug-likeness (QED) is 0.763. The molecule has 0 aliphatic heterocycles. The monoisotopic (exact) mass is 309 g/mol. The number of benzene rings is 1. The van der Waals surface area contributed by atoms with E-state index in [9.17, 15) is 0 Å². The molecule has 1 unspecified atom stereocenters. The summed E-state index contributed by atoms with van der Waals surface area (Å²) >= 11 is 6.25. The van der Waals surface area contributed by atoms with Gasteiger partial charge in [0.1, 0.15) is 5.75 Å². The zero-order valence-electron chi connectivity index (χ0n) is 13.5. The van der Waals surface area contributed by atoms with Gasteiger partial charge in [-0.15, -0.1) is 0 Å². The van der Waals surface area contributed by atoms with E-state index >= 15 is 0 Å². The average Bonchev–Trinajstić information content (AvgIpc) is 2.48. The van der Waals surface area contributed by atoms with Gasteiger partial charge in [0.15, 0.2) is 0 Å². The molecule has 2 nitrogen and oxygen atoms in total. The Kier molecular flexibility index (Phi) is 5.95. The second-order valence-corrected chi connectivity index (χ2v) is 6.92. The summed E-state index contributed by atoms with van der Waals surface area (Å²) in [5, 5.41) is 4.54. The molecule has 1 aliphatic carbocycles. The number of ether oxygens (including phenoxy) is 1. The largest absolute Gasteiger partial charge is 0.496 e. The van der Waals surface area contributed by atoms with Crippen molar-refractivity contribution in [3.8, 4) is 5.75 Å². The van der Waals surface area contributed by atoms with Gasteiger partial charge in [0.05, 0.1) is 7.11 Å². The van der Waals surface area contributed by atoms with Crippen LogP contribution in [0.1, 0.15) is 64.0 Å². The molecule has 0 aromatic heterocycles. The van der Waals surface area contributed by atoms with Crippen molar-refractivity contribution in [1.29, 1.82) is 0 Å². The number of methoxy groups -OCH3 is 1. The van der Waals surface area contributed by atoms with Crippen molar-refractivity contribution in [3.05, 3.63) is 28.8 Å². The second-order valence-electron chi connectivity index (χ2n) is 6.49. The van der Waals surface area contributed by atoms with E-state index in [1.165, 1.54) is 37.7 Å². The van der Waals surface area contributed by atoms with Crippen LogP contribution in [0.25, 0.3) is 0 Å². The van der Waals surface area contributed by atoms with Gasteiger partial charge in [0.2, 0.25) is 0 Å². The number of nitrogens with one attached hydrogen (secondary N) is 1. The molecule has 1 aromatic rings. The average molecular weight is 310 g/mol. The molecule has 0 radical (unpaired) electrons. The Morgan fingerprint density at radius 3 is 2.62 bits per heavy atom. The van der Waals surface area contributed by atoms with Crippen LogP contribution >= 0.6 is 11.6 Å². The van der Waals surface area contributed by atoms with E-state index < -0.39 is 0 Å². The van der Waals surface area contributed by atoms with Crippen molar-refractivity contribution in [1.82, 2.24) is 5.32 Å². The maximum Gasteiger partial charge on any atom is 0.123 e. The van der Waals surface area contributed by atoms with E-state index in [2.05, 4.69) is 25.2 Å². The van der Waals surface area contributed by atoms with E-state index in [4.69, 9.17) is 16.3 Å². The first-order chi connectivity index (χ1) is 10.1. The van der Waals surface area contributed by atoms with Crippen molar-refractivity contribution in [3.63, 3.8) is 0 Å². The first-order valence-corrected chi connectivity index (χ1v) is 8.55. The minimum absolute atomic E-state index is 0.283. The molecule has 1 aliphatic rings. The van der Waals surface area contributed by atoms with Gasteiger partial charge >= 0.3 is 0 Å². The van der Waals surface area contributed by atoms with E-state index in [1.807, 2.05) is 12.1 Å². The van der Waals surface area contributed by atoms with E-state index in [0.29, 0.717) is 6.04 Å². The molecule has 1 saturated carbocycles. The highest BCUT2D eigenvalue weighted by Gasteiger charge is 2.37. The zero-order valence-corrected chi connectivity index (χ0v) is 14.3. The Labute approximate surface area is 134 Å². The summed E-state index contributed by atoms with van der Waals surface area (Å²) < 4.78 is 5.60. The third-order valence-electron chi connectivity index (χ3n) is 4.79. The van der Waals surface area contributed by atoms with Gasteiger partial charge in [-0.2, -0.15) is 0 Å². The number of hydrogen-bond donors (Lipinski definition) is 1. The maximum atomic E-state index is 6.25. The third kappa shape index (κ3) is 3.92. The normalized spacial score (nSPS) is 19.2. The van der Waals surface area contributed by atoms with Gasteiger partial charge in [0.25, 0.3) is 0 Å². The highest BCUT2D eigenvalue weighted by molar-refractivity contribution is 6.30. The summed E-state index contributed by atoms with van der Waals surface area (Å²) in [6, 6.07) is 6.29. The maximum absolute atomic E-state index is 6.25. The highest BCUT2D eigenvalue weighted by atomic mass is 35.5. The Morgan fingerprint density at radius 1 is 1.29 bits per heavy atom. The standard InChI is InChI=1S/C18H28ClNO/c1-4-12-20-17(18(2)10-6-5-7-11-18)15-13-14(19)8-9-16(15)21-3/h8-9,13,17,20H,4-7,10-12H2,1-3H3. The smallest absolute Gasteiger partial charge is 0.123 e. The predicted octanol–water partition coefficient (Wildman–Crippen LogP) is 5.36. The van der Waals surface area contributed by atoms with Crippen molar-refractivity contribution >= 4 is 11.6 Å². The SMILES string of the molecule is CCCNC(c1cc(Cl)ccc1OC)C1(C)CCCCC1. The van der Waals surface area contributed by atoms with Gasteiger partial charge in [0, 0.05) is 16.6 Å². The van der Waals surface area contributed by atoms with E-state index in [-0.39, 0.29) is 5.41 Å². The van der Waals surface area contributed by atoms with Crippen LogP contribution in [0.5, 0.6) is 5.75 Å². The molecule has 1 aromatic carbocycles. The number of hydrogen-bond acceptors (Lipinski definition) is 2. The van der Waals surface area contributed by atoms with Crippen molar-refractivity contribution in [2.45, 2.75) is 58.4 Å². The third-order valence-corrected chi connectivity index (χ3v) is 5.03. The molecule has 0 saturated heterocycles. The van der Waals surface area contributed by atoms with Gasteiger partial charge < -0.3 is 10.1 Å². The molecule has 2 rings (SSSR count). The molecule has 3 heteroatoms. The van der Waals surface area contributed by atoms with Crippen LogP contribution in [0.2, 0.25) is 5.02 Å². The lowest BCUT2D eigenvalue weighted by molar-refractivity contribution is 0.142. The van der Waals surface area contributed by atoms with Crippen LogP contribution in [0.4, 0.5) is 0 Å². The molecule has 1 atom stereocenters. The molecule has 0 bridgehead atoms. The molecule has 118 valence electrons. The Bertz CT molecular complexity index is 455. The molecule has 21 heavy (non-hydrogen) atoms. The molecule has 0 heterocycles. The molecule has 1 fully saturated rings. The van der Waals surface area contributed by atoms with Gasteiger partial charge in [-0.1, -0.05) is 44.7 Å². The first kappa shape index (κ1) is 16.6. The minimum Gasteiger partial charge on any atom is -0.496 e. The number of rotatable bonds is 6. The highest BCUT2D eigenvalue weighted by Crippen LogP contribution is 2.48. The van der Waals surface area contributed by atoms with Crippen molar-refractivity contribution in [2.24, 2.45) is 5.41 Å². The Hall–Kier alpha value is -0.730. The lowest BCUT2D eigenvalue weighted by Gasteiger charge is -2.42. The lowest BCUT2D eigenvalue weighted by Crippen LogP contribution is -2.38. The fourth-order valence-corrected chi connectivity index (χ4v) is 3.78. The fourth-order valence-electron chi connectivity index (χ4n) is 3.60. The van der Waals surface area contributed by atoms with Crippen LogP contribution in [0.15, 0.2) is 18.2 Å². The lowest BCUT2D eigenvalue weighted by atomic mass is 9.68. The predicted molar refractivity (Wildman–Crippen MR) is 90.2 cm³/mol. The summed E-state index contributed by atoms with van der Waals surface area (Å²) in [5.41, 5.74) is 1.49. The van der Waals surface area contributed by atoms with Crippen LogP contribution in [0.3, 0.4) is 0 Å². The first-order valence-electron chi connectivity index (χ1n) is 8.17. The van der Waals surface area contributed by atoms with Crippen LogP contribution in [0, 0.1) is 5.41 Å². The molecule has 1 N–H and O–H groups in total. The summed E-state index contributed by atoms with van der Waals surface area (Å²) in [4.78, 5) is 0. The molecular weight excluding hydrogens is 282 g/mol. The molecule has 0 amide bonds. The summed E-state index contributed by atoms with van der Waals surface area (Å²) in [6.07, 6.45) is 7.68. The van der Waals surface area contributed by atoms with Gasteiger partial charge in [-0.3, -0.25) is 0 Å². The van der Waals surface area contributed by atoms with Crippen LogP contribution in [-0.2, 0) is 0 Å². The Balaban J connectivity index is 2.37. The summed E-state index contributed by atoms with van der Waals surface area (Å²) in [5.74, 6) is 0.944. The fraction of sp³-hybridized carbons (Fsp3) is 0.667. The van der Waals surface area contributed by atoms with Crippen molar-refractivity contribution in [2.75, 3.05) is 13.7 Å². The molecule has 0 spiro atoms. The topological polar surface area (TPSA) is 21.3 Å². The Morgan fingerprint density at radius 2 is 2.00 bits per heavy atom. The van der Waals surface area contributed by atoms with Gasteiger partial charge in [-0.25, -0.2) is 0 Å². The van der Waals surface area contributed by atoms with Crippen LogP contribution < -0.4 is 10.1 Å². The summed E-state index contributed by atoms with van der Waals surface area (Å²) in [7, 11) is 1.74. The zero-order chi connectivity index (χ0) is 15.3.